The monoisotopic (exact) mass is 459 g/mol. The fourth-order valence-electron chi connectivity index (χ4n) is 3.87. The number of rotatable bonds is 6. The maximum absolute atomic E-state index is 13.4. The van der Waals surface area contributed by atoms with Gasteiger partial charge in [-0.25, -0.2) is 9.97 Å². The second-order valence-electron chi connectivity index (χ2n) is 7.90. The van der Waals surface area contributed by atoms with Gasteiger partial charge in [0.25, 0.3) is 5.56 Å². The van der Waals surface area contributed by atoms with Crippen LogP contribution in [0.25, 0.3) is 10.2 Å². The smallest absolute Gasteiger partial charge is 0.263 e. The van der Waals surface area contributed by atoms with E-state index in [2.05, 4.69) is 15.2 Å². The molecule has 10 heteroatoms. The van der Waals surface area contributed by atoms with E-state index in [0.717, 1.165) is 52.5 Å². The number of thiophene rings is 1. The quantitative estimate of drug-likeness (QED) is 0.568. The van der Waals surface area contributed by atoms with Gasteiger partial charge in [0.2, 0.25) is 5.91 Å². The number of amides is 1. The molecular formula is C21H25N5O3S2. The average molecular weight is 460 g/mol. The predicted molar refractivity (Wildman–Crippen MR) is 123 cm³/mol. The van der Waals surface area contributed by atoms with E-state index in [1.165, 1.54) is 22.8 Å². The van der Waals surface area contributed by atoms with Crippen molar-refractivity contribution in [3.8, 4) is 0 Å². The Kier molecular flexibility index (Phi) is 6.05. The molecule has 0 unspecified atom stereocenters. The second-order valence-corrected chi connectivity index (χ2v) is 10.1. The summed E-state index contributed by atoms with van der Waals surface area (Å²) in [7, 11) is 0. The molecule has 0 radical (unpaired) electrons. The number of carbonyl (C=O) groups is 2. The number of anilines is 1. The van der Waals surface area contributed by atoms with E-state index in [0.29, 0.717) is 33.5 Å². The van der Waals surface area contributed by atoms with Crippen molar-refractivity contribution >= 4 is 49.7 Å². The lowest BCUT2D eigenvalue weighted by molar-refractivity contribution is -0.116. The Labute approximate surface area is 187 Å². The molecule has 3 aromatic heterocycles. The topological polar surface area (TPSA) is 97.2 Å². The lowest BCUT2D eigenvalue weighted by atomic mass is 10.2. The second kappa shape index (κ2) is 8.60. The van der Waals surface area contributed by atoms with Crippen LogP contribution in [0.4, 0.5) is 5.13 Å². The van der Waals surface area contributed by atoms with Gasteiger partial charge in [0.15, 0.2) is 10.9 Å². The standard InChI is InChI=1S/C21H25N5O3S2/c1-11-14(4)30-19-17(11)20(29)26(15(23-19)9-25-7-5-6-8-25)10-16(28)24-21-22-12(2)18(31-21)13(3)27/h5-10H2,1-4H3,(H,22,24,28). The van der Waals surface area contributed by atoms with Crippen molar-refractivity contribution in [2.75, 3.05) is 18.4 Å². The van der Waals surface area contributed by atoms with Gasteiger partial charge >= 0.3 is 0 Å². The number of likely N-dealkylation sites (tertiary alicyclic amines) is 1. The van der Waals surface area contributed by atoms with Gasteiger partial charge < -0.3 is 5.32 Å². The average Bonchev–Trinajstić information content (AvgIpc) is 3.39. The minimum absolute atomic E-state index is 0.0856. The molecule has 0 aromatic carbocycles. The number of hydrogen-bond acceptors (Lipinski definition) is 8. The molecule has 0 spiro atoms. The van der Waals surface area contributed by atoms with Crippen LogP contribution in [-0.4, -0.2) is 44.2 Å². The summed E-state index contributed by atoms with van der Waals surface area (Å²) in [6.07, 6.45) is 2.26. The van der Waals surface area contributed by atoms with Crippen LogP contribution in [0.5, 0.6) is 0 Å². The normalized spacial score (nSPS) is 14.5. The summed E-state index contributed by atoms with van der Waals surface area (Å²) in [5, 5.41) is 3.69. The van der Waals surface area contributed by atoms with Gasteiger partial charge in [0, 0.05) is 11.8 Å². The number of fused-ring (bicyclic) bond motifs is 1. The van der Waals surface area contributed by atoms with E-state index >= 15 is 0 Å². The predicted octanol–water partition coefficient (Wildman–Crippen LogP) is 3.28. The lowest BCUT2D eigenvalue weighted by Gasteiger charge is -2.18. The Morgan fingerprint density at radius 2 is 1.81 bits per heavy atom. The Hall–Kier alpha value is -2.43. The maximum Gasteiger partial charge on any atom is 0.263 e. The Bertz CT molecular complexity index is 1230. The van der Waals surface area contributed by atoms with E-state index in [4.69, 9.17) is 4.98 Å². The van der Waals surface area contributed by atoms with Gasteiger partial charge in [0.05, 0.1) is 22.5 Å². The molecule has 0 atom stereocenters. The summed E-state index contributed by atoms with van der Waals surface area (Å²) in [5.74, 6) is 0.160. The third-order valence-electron chi connectivity index (χ3n) is 5.60. The van der Waals surface area contributed by atoms with Crippen LogP contribution in [0.3, 0.4) is 0 Å². The van der Waals surface area contributed by atoms with Gasteiger partial charge in [-0.2, -0.15) is 0 Å². The third-order valence-corrected chi connectivity index (χ3v) is 7.87. The molecule has 1 fully saturated rings. The summed E-state index contributed by atoms with van der Waals surface area (Å²) < 4.78 is 1.49. The highest BCUT2D eigenvalue weighted by molar-refractivity contribution is 7.18. The van der Waals surface area contributed by atoms with Crippen molar-refractivity contribution in [2.24, 2.45) is 0 Å². The highest BCUT2D eigenvalue weighted by Gasteiger charge is 2.22. The van der Waals surface area contributed by atoms with E-state index < -0.39 is 0 Å². The van der Waals surface area contributed by atoms with Crippen molar-refractivity contribution in [2.45, 2.75) is 53.6 Å². The third kappa shape index (κ3) is 4.32. The number of thiazole rings is 1. The first-order valence-electron chi connectivity index (χ1n) is 10.2. The first-order valence-corrected chi connectivity index (χ1v) is 11.9. The molecule has 31 heavy (non-hydrogen) atoms. The van der Waals surface area contributed by atoms with Gasteiger partial charge in [-0.1, -0.05) is 11.3 Å². The molecule has 0 bridgehead atoms. The summed E-state index contributed by atoms with van der Waals surface area (Å²) in [5.41, 5.74) is 1.32. The zero-order valence-electron chi connectivity index (χ0n) is 18.1. The SMILES string of the molecule is CC(=O)c1sc(NC(=O)Cn2c(CN3CCCC3)nc3sc(C)c(C)c3c2=O)nc1C. The van der Waals surface area contributed by atoms with Crippen LogP contribution in [0.2, 0.25) is 0 Å². The molecule has 1 aliphatic heterocycles. The van der Waals surface area contributed by atoms with Gasteiger partial charge in [-0.3, -0.25) is 23.9 Å². The van der Waals surface area contributed by atoms with Crippen molar-refractivity contribution in [3.63, 3.8) is 0 Å². The Balaban J connectivity index is 1.67. The van der Waals surface area contributed by atoms with Crippen molar-refractivity contribution in [3.05, 3.63) is 37.2 Å². The van der Waals surface area contributed by atoms with Crippen LogP contribution in [-0.2, 0) is 17.9 Å². The van der Waals surface area contributed by atoms with Crippen molar-refractivity contribution in [1.82, 2.24) is 19.4 Å². The van der Waals surface area contributed by atoms with E-state index in [9.17, 15) is 14.4 Å². The number of nitrogens with zero attached hydrogens (tertiary/aromatic N) is 4. The number of hydrogen-bond donors (Lipinski definition) is 1. The van der Waals surface area contributed by atoms with Crippen LogP contribution in [0.1, 0.15) is 51.4 Å². The summed E-state index contributed by atoms with van der Waals surface area (Å²) in [4.78, 5) is 51.5. The lowest BCUT2D eigenvalue weighted by Crippen LogP contribution is -2.33. The maximum atomic E-state index is 13.4. The van der Waals surface area contributed by atoms with E-state index in [-0.39, 0.29) is 23.8 Å². The fourth-order valence-corrected chi connectivity index (χ4v) is 5.79. The minimum Gasteiger partial charge on any atom is -0.300 e. The number of Topliss-reactive ketones (excluding diaryl/α,β-unsaturated/α-hetero) is 1. The van der Waals surface area contributed by atoms with Crippen molar-refractivity contribution < 1.29 is 9.59 Å². The molecule has 1 aliphatic rings. The highest BCUT2D eigenvalue weighted by Crippen LogP contribution is 2.27. The highest BCUT2D eigenvalue weighted by atomic mass is 32.1. The van der Waals surface area contributed by atoms with Crippen LogP contribution < -0.4 is 10.9 Å². The Morgan fingerprint density at radius 1 is 1.10 bits per heavy atom. The summed E-state index contributed by atoms with van der Waals surface area (Å²) >= 11 is 2.67. The van der Waals surface area contributed by atoms with Gasteiger partial charge in [-0.15, -0.1) is 11.3 Å². The van der Waals surface area contributed by atoms with Gasteiger partial charge in [0.1, 0.15) is 17.2 Å². The van der Waals surface area contributed by atoms with Crippen LogP contribution >= 0.6 is 22.7 Å². The molecule has 3 aromatic rings. The molecule has 1 saturated heterocycles. The molecule has 8 nitrogen and oxygen atoms in total. The molecule has 1 amide bonds. The first-order chi connectivity index (χ1) is 14.7. The zero-order chi connectivity index (χ0) is 22.3. The van der Waals surface area contributed by atoms with Gasteiger partial charge in [-0.05, 0) is 52.3 Å². The van der Waals surface area contributed by atoms with E-state index in [1.54, 1.807) is 6.92 Å². The number of nitrogens with one attached hydrogen (secondary N) is 1. The fraction of sp³-hybridized carbons (Fsp3) is 0.476. The molecule has 1 N–H and O–H groups in total. The molecule has 0 aliphatic carbocycles. The van der Waals surface area contributed by atoms with Crippen LogP contribution in [0, 0.1) is 20.8 Å². The minimum atomic E-state index is -0.362. The first kappa shape index (κ1) is 21.8. The molecular weight excluding hydrogens is 434 g/mol. The van der Waals surface area contributed by atoms with Crippen molar-refractivity contribution in [1.29, 1.82) is 0 Å². The number of carbonyl (C=O) groups excluding carboxylic acids is 2. The molecule has 0 saturated carbocycles. The number of aryl methyl sites for hydroxylation is 3. The molecule has 164 valence electrons. The van der Waals surface area contributed by atoms with Crippen LogP contribution in [0.15, 0.2) is 4.79 Å². The Morgan fingerprint density at radius 3 is 2.45 bits per heavy atom. The summed E-state index contributed by atoms with van der Waals surface area (Å²) in [6.45, 7) is 9.44. The summed E-state index contributed by atoms with van der Waals surface area (Å²) in [6, 6.07) is 0. The molecule has 4 rings (SSSR count). The largest absolute Gasteiger partial charge is 0.300 e. The van der Waals surface area contributed by atoms with E-state index in [1.807, 2.05) is 13.8 Å². The zero-order valence-corrected chi connectivity index (χ0v) is 19.7. The number of ketones is 1. The number of aromatic nitrogens is 3. The molecule has 4 heterocycles.